The Bertz CT molecular complexity index is 557. The summed E-state index contributed by atoms with van der Waals surface area (Å²) in [6, 6.07) is 0. The van der Waals surface area contributed by atoms with Crippen LogP contribution >= 0.6 is 0 Å². The first-order valence-corrected chi connectivity index (χ1v) is 14.4. The summed E-state index contributed by atoms with van der Waals surface area (Å²) in [7, 11) is 0. The number of hydrogen-bond donors (Lipinski definition) is 2. The molecular formula is C27H53NO13. The molecule has 2 N–H and O–H groups in total. The Hall–Kier alpha value is -1.46. The highest BCUT2D eigenvalue weighted by Crippen LogP contribution is 1.88. The molecular weight excluding hydrogens is 546 g/mol. The summed E-state index contributed by atoms with van der Waals surface area (Å²) < 4.78 is 53.7. The van der Waals surface area contributed by atoms with E-state index >= 15 is 0 Å². The van der Waals surface area contributed by atoms with Crippen LogP contribution in [0.4, 0.5) is 0 Å². The highest BCUT2D eigenvalue weighted by atomic mass is 16.6. The summed E-state index contributed by atoms with van der Waals surface area (Å²) >= 11 is 0. The lowest BCUT2D eigenvalue weighted by Crippen LogP contribution is -2.25. The second kappa shape index (κ2) is 34.7. The molecule has 41 heavy (non-hydrogen) atoms. The van der Waals surface area contributed by atoms with E-state index in [2.05, 4.69) is 5.32 Å². The summed E-state index contributed by atoms with van der Waals surface area (Å²) in [5, 5.41) is 11.3. The van der Waals surface area contributed by atoms with Crippen molar-refractivity contribution in [2.75, 3.05) is 139 Å². The van der Waals surface area contributed by atoms with Gasteiger partial charge in [0, 0.05) is 13.0 Å². The van der Waals surface area contributed by atoms with Crippen molar-refractivity contribution in [1.82, 2.24) is 5.32 Å². The SMILES string of the molecule is CCCNC(=O)CCOCCOCCOCCOCCOCCOCCOCCOCCOCCOCCC(=O)O. The Morgan fingerprint density at radius 1 is 0.439 bits per heavy atom. The van der Waals surface area contributed by atoms with E-state index in [-0.39, 0.29) is 18.9 Å². The van der Waals surface area contributed by atoms with Crippen LogP contribution in [0.25, 0.3) is 0 Å². The van der Waals surface area contributed by atoms with Gasteiger partial charge >= 0.3 is 5.97 Å². The van der Waals surface area contributed by atoms with Crippen LogP contribution in [0.5, 0.6) is 0 Å². The fourth-order valence-electron chi connectivity index (χ4n) is 2.76. The Labute approximate surface area is 244 Å². The van der Waals surface area contributed by atoms with Crippen molar-refractivity contribution in [3.63, 3.8) is 0 Å². The first-order chi connectivity index (χ1) is 20.2. The summed E-state index contributed by atoms with van der Waals surface area (Å²) in [5.41, 5.74) is 0. The van der Waals surface area contributed by atoms with E-state index in [0.717, 1.165) is 6.42 Å². The van der Waals surface area contributed by atoms with Gasteiger partial charge in [-0.15, -0.1) is 0 Å². The molecule has 0 spiro atoms. The molecule has 0 aromatic heterocycles. The lowest BCUT2D eigenvalue weighted by Gasteiger charge is -2.09. The molecule has 0 unspecified atom stereocenters. The van der Waals surface area contributed by atoms with Crippen LogP contribution in [-0.4, -0.2) is 156 Å². The molecule has 0 aliphatic rings. The number of carboxylic acids is 1. The van der Waals surface area contributed by atoms with Crippen LogP contribution in [-0.2, 0) is 57.0 Å². The Morgan fingerprint density at radius 2 is 0.683 bits per heavy atom. The van der Waals surface area contributed by atoms with Crippen molar-refractivity contribution in [1.29, 1.82) is 0 Å². The average molecular weight is 600 g/mol. The van der Waals surface area contributed by atoms with E-state index in [1.807, 2.05) is 6.92 Å². The summed E-state index contributed by atoms with van der Waals surface area (Å²) in [6.45, 7) is 11.7. The monoisotopic (exact) mass is 599 g/mol. The molecule has 0 bridgehead atoms. The minimum absolute atomic E-state index is 0.00331. The van der Waals surface area contributed by atoms with Crippen LogP contribution < -0.4 is 5.32 Å². The van der Waals surface area contributed by atoms with Crippen molar-refractivity contribution >= 4 is 11.9 Å². The number of carboxylic acid groups (broad SMARTS) is 1. The standard InChI is InChI=1S/C27H53NO13/c1-2-5-28-26(29)3-6-32-8-10-34-12-14-36-16-18-38-20-22-40-24-25-41-23-21-39-19-17-37-15-13-35-11-9-33-7-4-27(30)31/h2-25H2,1H3,(H,28,29)(H,30,31). The van der Waals surface area contributed by atoms with Crippen LogP contribution in [0.15, 0.2) is 0 Å². The third-order valence-corrected chi connectivity index (χ3v) is 4.85. The highest BCUT2D eigenvalue weighted by molar-refractivity contribution is 5.75. The van der Waals surface area contributed by atoms with E-state index in [4.69, 9.17) is 52.5 Å². The Balaban J connectivity index is 3.07. The summed E-state index contributed by atoms with van der Waals surface area (Å²) in [5.74, 6) is -0.863. The molecule has 1 amide bonds. The second-order valence-corrected chi connectivity index (χ2v) is 8.37. The van der Waals surface area contributed by atoms with Gasteiger partial charge in [0.2, 0.25) is 5.91 Å². The van der Waals surface area contributed by atoms with Crippen molar-refractivity contribution < 1.29 is 62.1 Å². The van der Waals surface area contributed by atoms with Crippen molar-refractivity contribution in [3.8, 4) is 0 Å². The fourth-order valence-corrected chi connectivity index (χ4v) is 2.76. The number of hydrogen-bond acceptors (Lipinski definition) is 12. The summed E-state index contributed by atoms with van der Waals surface area (Å²) in [4.78, 5) is 21.7. The minimum atomic E-state index is -0.875. The predicted octanol–water partition coefficient (Wildman–Crippen LogP) is 0.543. The highest BCUT2D eigenvalue weighted by Gasteiger charge is 2.00. The molecule has 0 saturated heterocycles. The van der Waals surface area contributed by atoms with Crippen molar-refractivity contribution in [3.05, 3.63) is 0 Å². The zero-order valence-corrected chi connectivity index (χ0v) is 24.8. The average Bonchev–Trinajstić information content (AvgIpc) is 2.96. The third kappa shape index (κ3) is 36.5. The quantitative estimate of drug-likeness (QED) is 0.0974. The van der Waals surface area contributed by atoms with Gasteiger partial charge in [-0.1, -0.05) is 6.92 Å². The molecule has 0 aromatic carbocycles. The Kier molecular flexibility index (Phi) is 33.5. The van der Waals surface area contributed by atoms with Crippen molar-refractivity contribution in [2.24, 2.45) is 0 Å². The molecule has 14 nitrogen and oxygen atoms in total. The Morgan fingerprint density at radius 3 is 0.927 bits per heavy atom. The maximum absolute atomic E-state index is 11.4. The number of carbonyl (C=O) groups excluding carboxylic acids is 1. The van der Waals surface area contributed by atoms with E-state index in [1.54, 1.807) is 0 Å². The van der Waals surface area contributed by atoms with Gasteiger partial charge in [0.15, 0.2) is 0 Å². The number of rotatable bonds is 35. The molecule has 0 radical (unpaired) electrons. The van der Waals surface area contributed by atoms with E-state index < -0.39 is 5.97 Å². The van der Waals surface area contributed by atoms with Crippen molar-refractivity contribution in [2.45, 2.75) is 26.2 Å². The van der Waals surface area contributed by atoms with Crippen LogP contribution in [0.3, 0.4) is 0 Å². The maximum Gasteiger partial charge on any atom is 0.305 e. The van der Waals surface area contributed by atoms with E-state index in [1.165, 1.54) is 0 Å². The van der Waals surface area contributed by atoms with Crippen LogP contribution in [0.1, 0.15) is 26.2 Å². The second-order valence-electron chi connectivity index (χ2n) is 8.37. The molecule has 0 aromatic rings. The molecule has 0 fully saturated rings. The molecule has 0 heterocycles. The smallest absolute Gasteiger partial charge is 0.305 e. The van der Waals surface area contributed by atoms with Gasteiger partial charge in [0.25, 0.3) is 0 Å². The zero-order chi connectivity index (χ0) is 29.9. The largest absolute Gasteiger partial charge is 0.481 e. The molecule has 14 heteroatoms. The van der Waals surface area contributed by atoms with Crippen LogP contribution in [0.2, 0.25) is 0 Å². The van der Waals surface area contributed by atoms with Gasteiger partial charge in [-0.25, -0.2) is 0 Å². The number of carbonyl (C=O) groups is 2. The maximum atomic E-state index is 11.4. The van der Waals surface area contributed by atoms with Gasteiger partial charge in [-0.2, -0.15) is 0 Å². The lowest BCUT2D eigenvalue weighted by atomic mass is 10.4. The van der Waals surface area contributed by atoms with E-state index in [0.29, 0.717) is 138 Å². The number of amides is 1. The predicted molar refractivity (Wildman–Crippen MR) is 148 cm³/mol. The van der Waals surface area contributed by atoms with Gasteiger partial charge < -0.3 is 57.8 Å². The van der Waals surface area contributed by atoms with Crippen LogP contribution in [0, 0.1) is 0 Å². The molecule has 244 valence electrons. The van der Waals surface area contributed by atoms with Gasteiger partial charge in [-0.3, -0.25) is 9.59 Å². The fraction of sp³-hybridized carbons (Fsp3) is 0.926. The number of ether oxygens (including phenoxy) is 10. The first kappa shape index (κ1) is 39.5. The molecule has 0 saturated carbocycles. The first-order valence-electron chi connectivity index (χ1n) is 14.4. The van der Waals surface area contributed by atoms with Gasteiger partial charge in [-0.05, 0) is 6.42 Å². The molecule has 0 aliphatic carbocycles. The number of aliphatic carboxylic acids is 1. The molecule has 0 rings (SSSR count). The zero-order valence-electron chi connectivity index (χ0n) is 24.8. The third-order valence-electron chi connectivity index (χ3n) is 4.85. The number of nitrogens with one attached hydrogen (secondary N) is 1. The normalized spacial score (nSPS) is 11.2. The summed E-state index contributed by atoms with van der Waals surface area (Å²) in [6.07, 6.45) is 1.29. The van der Waals surface area contributed by atoms with E-state index in [9.17, 15) is 9.59 Å². The molecule has 0 aliphatic heterocycles. The molecule has 0 atom stereocenters. The topological polar surface area (TPSA) is 159 Å². The lowest BCUT2D eigenvalue weighted by molar-refractivity contribution is -0.138. The van der Waals surface area contributed by atoms with Gasteiger partial charge in [0.1, 0.15) is 0 Å². The van der Waals surface area contributed by atoms with Gasteiger partial charge in [0.05, 0.1) is 139 Å². The minimum Gasteiger partial charge on any atom is -0.481 e.